The number of rotatable bonds is 2. The van der Waals surface area contributed by atoms with Gasteiger partial charge >= 0.3 is 5.51 Å². The van der Waals surface area contributed by atoms with Crippen molar-refractivity contribution >= 4 is 11.8 Å². The fraction of sp³-hybridized carbons (Fsp3) is 0.500. The highest BCUT2D eigenvalue weighted by atomic mass is 32.2. The topological polar surface area (TPSA) is 20.2 Å². The molecule has 0 amide bonds. The van der Waals surface area contributed by atoms with E-state index in [2.05, 4.69) is 0 Å². The molecule has 0 aliphatic carbocycles. The summed E-state index contributed by atoms with van der Waals surface area (Å²) in [7, 11) is 0. The molecule has 1 aromatic carbocycles. The third-order valence-corrected chi connectivity index (χ3v) is 2.99. The second kappa shape index (κ2) is 4.90. The fourth-order valence-corrected chi connectivity index (χ4v) is 1.89. The molecule has 0 aliphatic heterocycles. The van der Waals surface area contributed by atoms with Gasteiger partial charge in [-0.2, -0.15) is 13.2 Å². The van der Waals surface area contributed by atoms with E-state index in [1.165, 1.54) is 24.3 Å². The van der Waals surface area contributed by atoms with Gasteiger partial charge in [0.1, 0.15) is 0 Å². The second-order valence-electron chi connectivity index (χ2n) is 4.89. The number of hydrogen-bond donors (Lipinski definition) is 1. The lowest BCUT2D eigenvalue weighted by Gasteiger charge is -2.26. The van der Waals surface area contributed by atoms with Gasteiger partial charge in [-0.1, -0.05) is 32.9 Å². The number of halogens is 3. The van der Waals surface area contributed by atoms with Gasteiger partial charge in [-0.3, -0.25) is 0 Å². The summed E-state index contributed by atoms with van der Waals surface area (Å²) in [6.45, 7) is 5.61. The lowest BCUT2D eigenvalue weighted by Crippen LogP contribution is -2.17. The van der Waals surface area contributed by atoms with Crippen molar-refractivity contribution in [2.45, 2.75) is 37.3 Å². The Bertz CT molecular complexity index is 365. The summed E-state index contributed by atoms with van der Waals surface area (Å²) in [6, 6.07) is 5.82. The van der Waals surface area contributed by atoms with Crippen molar-refractivity contribution in [1.29, 1.82) is 0 Å². The van der Waals surface area contributed by atoms with Crippen molar-refractivity contribution < 1.29 is 18.3 Å². The van der Waals surface area contributed by atoms with Crippen molar-refractivity contribution in [2.75, 3.05) is 0 Å². The SMILES string of the molecule is CC(C)(C)C(O)c1ccc(SC(F)(F)F)cc1. The summed E-state index contributed by atoms with van der Waals surface area (Å²) >= 11 is -0.153. The Kier molecular flexibility index (Phi) is 4.15. The minimum absolute atomic E-state index is 0.127. The number of aliphatic hydroxyl groups excluding tert-OH is 1. The molecular formula is C12H15F3OS. The highest BCUT2D eigenvalue weighted by molar-refractivity contribution is 8.00. The molecule has 0 saturated heterocycles. The molecule has 5 heteroatoms. The van der Waals surface area contributed by atoms with Crippen LogP contribution in [0, 0.1) is 5.41 Å². The van der Waals surface area contributed by atoms with E-state index in [4.69, 9.17) is 0 Å². The van der Waals surface area contributed by atoms with Crippen LogP contribution in [0.3, 0.4) is 0 Å². The van der Waals surface area contributed by atoms with Crippen LogP contribution in [0.2, 0.25) is 0 Å². The van der Waals surface area contributed by atoms with Crippen molar-refractivity contribution in [3.63, 3.8) is 0 Å². The zero-order valence-electron chi connectivity index (χ0n) is 9.88. The van der Waals surface area contributed by atoms with Crippen molar-refractivity contribution in [1.82, 2.24) is 0 Å². The Labute approximate surface area is 103 Å². The molecule has 1 atom stereocenters. The molecule has 0 aromatic heterocycles. The minimum atomic E-state index is -4.27. The van der Waals surface area contributed by atoms with E-state index in [-0.39, 0.29) is 22.1 Å². The molecule has 0 spiro atoms. The van der Waals surface area contributed by atoms with Gasteiger partial charge in [-0.15, -0.1) is 0 Å². The first-order chi connectivity index (χ1) is 7.59. The predicted octanol–water partition coefficient (Wildman–Crippen LogP) is 4.38. The molecule has 0 saturated carbocycles. The van der Waals surface area contributed by atoms with Crippen molar-refractivity contribution in [3.05, 3.63) is 29.8 Å². The lowest BCUT2D eigenvalue weighted by molar-refractivity contribution is -0.0328. The highest BCUT2D eigenvalue weighted by Crippen LogP contribution is 2.38. The van der Waals surface area contributed by atoms with Crippen molar-refractivity contribution in [2.24, 2.45) is 5.41 Å². The number of benzene rings is 1. The van der Waals surface area contributed by atoms with E-state index in [0.717, 1.165) is 0 Å². The van der Waals surface area contributed by atoms with Gasteiger partial charge in [0, 0.05) is 4.90 Å². The van der Waals surface area contributed by atoms with E-state index >= 15 is 0 Å². The number of hydrogen-bond acceptors (Lipinski definition) is 2. The van der Waals surface area contributed by atoms with E-state index in [9.17, 15) is 18.3 Å². The third-order valence-electron chi connectivity index (χ3n) is 2.25. The van der Waals surface area contributed by atoms with Crippen molar-refractivity contribution in [3.8, 4) is 0 Å². The molecule has 0 radical (unpaired) electrons. The maximum atomic E-state index is 12.1. The first-order valence-electron chi connectivity index (χ1n) is 5.13. The molecule has 0 heterocycles. The molecule has 0 fully saturated rings. The van der Waals surface area contributed by atoms with E-state index < -0.39 is 11.6 Å². The molecule has 1 N–H and O–H groups in total. The van der Waals surface area contributed by atoms with Crippen LogP contribution in [-0.2, 0) is 0 Å². The van der Waals surface area contributed by atoms with Crippen LogP contribution in [0.1, 0.15) is 32.4 Å². The molecule has 1 aromatic rings. The normalized spacial score (nSPS) is 14.8. The summed E-state index contributed by atoms with van der Waals surface area (Å²) in [5.41, 5.74) is -3.98. The van der Waals surface area contributed by atoms with Gasteiger partial charge in [0.15, 0.2) is 0 Å². The molecule has 17 heavy (non-hydrogen) atoms. The summed E-state index contributed by atoms with van der Waals surface area (Å²) in [4.78, 5) is 0.127. The van der Waals surface area contributed by atoms with Crippen LogP contribution in [0.4, 0.5) is 13.2 Å². The van der Waals surface area contributed by atoms with Gasteiger partial charge in [-0.25, -0.2) is 0 Å². The second-order valence-corrected chi connectivity index (χ2v) is 6.02. The zero-order chi connectivity index (χ0) is 13.3. The maximum Gasteiger partial charge on any atom is 0.446 e. The molecule has 1 rings (SSSR count). The summed E-state index contributed by atoms with van der Waals surface area (Å²) in [5.74, 6) is 0. The summed E-state index contributed by atoms with van der Waals surface area (Å²) < 4.78 is 36.3. The van der Waals surface area contributed by atoms with Crippen LogP contribution in [-0.4, -0.2) is 10.6 Å². The first-order valence-corrected chi connectivity index (χ1v) is 5.95. The zero-order valence-corrected chi connectivity index (χ0v) is 10.7. The number of aliphatic hydroxyl groups is 1. The third kappa shape index (κ3) is 4.60. The van der Waals surface area contributed by atoms with Gasteiger partial charge in [-0.05, 0) is 34.9 Å². The van der Waals surface area contributed by atoms with Crippen LogP contribution >= 0.6 is 11.8 Å². The molecule has 1 unspecified atom stereocenters. The average Bonchev–Trinajstić information content (AvgIpc) is 2.14. The fourth-order valence-electron chi connectivity index (χ4n) is 1.35. The van der Waals surface area contributed by atoms with Crippen LogP contribution < -0.4 is 0 Å². The Morgan fingerprint density at radius 3 is 1.88 bits per heavy atom. The maximum absolute atomic E-state index is 12.1. The van der Waals surface area contributed by atoms with Crippen LogP contribution in [0.25, 0.3) is 0 Å². The Hall–Kier alpha value is -0.680. The quantitative estimate of drug-likeness (QED) is 0.800. The van der Waals surface area contributed by atoms with E-state index in [0.29, 0.717) is 5.56 Å². The molecular weight excluding hydrogens is 249 g/mol. The summed E-state index contributed by atoms with van der Waals surface area (Å²) in [6.07, 6.45) is -0.688. The molecule has 1 nitrogen and oxygen atoms in total. The number of thioether (sulfide) groups is 1. The first kappa shape index (κ1) is 14.4. The van der Waals surface area contributed by atoms with E-state index in [1.807, 2.05) is 20.8 Å². The smallest absolute Gasteiger partial charge is 0.388 e. The Morgan fingerprint density at radius 1 is 1.06 bits per heavy atom. The van der Waals surface area contributed by atoms with Gasteiger partial charge < -0.3 is 5.11 Å². The number of alkyl halides is 3. The lowest BCUT2D eigenvalue weighted by atomic mass is 9.85. The molecule has 0 aliphatic rings. The van der Waals surface area contributed by atoms with E-state index in [1.54, 1.807) is 0 Å². The van der Waals surface area contributed by atoms with Gasteiger partial charge in [0.2, 0.25) is 0 Å². The monoisotopic (exact) mass is 264 g/mol. The molecule has 96 valence electrons. The highest BCUT2D eigenvalue weighted by Gasteiger charge is 2.29. The van der Waals surface area contributed by atoms with Gasteiger partial charge in [0.05, 0.1) is 6.10 Å². The Balaban J connectivity index is 2.82. The van der Waals surface area contributed by atoms with Crippen LogP contribution in [0.5, 0.6) is 0 Å². The predicted molar refractivity (Wildman–Crippen MR) is 62.8 cm³/mol. The Morgan fingerprint density at radius 2 is 1.53 bits per heavy atom. The largest absolute Gasteiger partial charge is 0.446 e. The average molecular weight is 264 g/mol. The van der Waals surface area contributed by atoms with Gasteiger partial charge in [0.25, 0.3) is 0 Å². The minimum Gasteiger partial charge on any atom is -0.388 e. The summed E-state index contributed by atoms with van der Waals surface area (Å²) in [5, 5.41) is 9.95. The van der Waals surface area contributed by atoms with Crippen LogP contribution in [0.15, 0.2) is 29.2 Å². The standard InChI is InChI=1S/C12H15F3OS/c1-11(2,3)10(16)8-4-6-9(7-5-8)17-12(13,14)15/h4-7,10,16H,1-3H3. The molecule has 0 bridgehead atoms.